The Morgan fingerprint density at radius 1 is 1.08 bits per heavy atom. The van der Waals surface area contributed by atoms with Crippen LogP contribution in [0.2, 0.25) is 0 Å². The first-order valence-corrected chi connectivity index (χ1v) is 7.55. The number of nitrogens with zero attached hydrogens (tertiary/aromatic N) is 2. The molecule has 0 unspecified atom stereocenters. The second kappa shape index (κ2) is 6.82. The lowest BCUT2D eigenvalue weighted by Gasteiger charge is -2.06. The number of hydrogen-bond donors (Lipinski definition) is 1. The Kier molecular flexibility index (Phi) is 4.41. The maximum Gasteiger partial charge on any atom is 0.126 e. The number of methoxy groups -OCH3 is 2. The van der Waals surface area contributed by atoms with Gasteiger partial charge in [0.05, 0.1) is 37.5 Å². The van der Waals surface area contributed by atoms with Crippen LogP contribution < -0.4 is 9.47 Å². The van der Waals surface area contributed by atoms with Crippen LogP contribution in [0.25, 0.3) is 22.6 Å². The average Bonchev–Trinajstić information content (AvgIpc) is 3.08. The predicted octanol–water partition coefficient (Wildman–Crippen LogP) is 4.12. The summed E-state index contributed by atoms with van der Waals surface area (Å²) >= 11 is 0. The van der Waals surface area contributed by atoms with Gasteiger partial charge in [-0.2, -0.15) is 10.5 Å². The minimum absolute atomic E-state index is 0.477. The van der Waals surface area contributed by atoms with Crippen LogP contribution in [-0.4, -0.2) is 19.2 Å². The van der Waals surface area contributed by atoms with E-state index in [2.05, 4.69) is 17.1 Å². The van der Waals surface area contributed by atoms with Gasteiger partial charge < -0.3 is 14.5 Å². The van der Waals surface area contributed by atoms with Gasteiger partial charge in [0.2, 0.25) is 0 Å². The van der Waals surface area contributed by atoms with Crippen LogP contribution in [0.5, 0.6) is 11.5 Å². The molecule has 0 aliphatic heterocycles. The van der Waals surface area contributed by atoms with Gasteiger partial charge in [0.25, 0.3) is 0 Å². The fourth-order valence-electron chi connectivity index (χ4n) is 2.70. The molecule has 0 atom stereocenters. The average molecular weight is 329 g/mol. The number of aromatic nitrogens is 1. The van der Waals surface area contributed by atoms with Crippen molar-refractivity contribution < 1.29 is 9.47 Å². The molecule has 0 saturated carbocycles. The summed E-state index contributed by atoms with van der Waals surface area (Å²) in [7, 11) is 3.17. The number of aromatic amines is 1. The van der Waals surface area contributed by atoms with Crippen LogP contribution in [0.1, 0.15) is 16.7 Å². The number of benzene rings is 2. The van der Waals surface area contributed by atoms with Crippen molar-refractivity contribution in [3.63, 3.8) is 0 Å². The third kappa shape index (κ3) is 3.04. The van der Waals surface area contributed by atoms with Crippen LogP contribution in [-0.2, 0) is 0 Å². The van der Waals surface area contributed by atoms with Gasteiger partial charge in [0.15, 0.2) is 0 Å². The monoisotopic (exact) mass is 329 g/mol. The van der Waals surface area contributed by atoms with Gasteiger partial charge in [-0.3, -0.25) is 0 Å². The highest BCUT2D eigenvalue weighted by Crippen LogP contribution is 2.31. The molecule has 0 saturated heterocycles. The summed E-state index contributed by atoms with van der Waals surface area (Å²) in [5.74, 6) is 1.35. The maximum atomic E-state index is 9.65. The molecule has 3 aromatic rings. The zero-order chi connectivity index (χ0) is 17.8. The number of allylic oxidation sites excluding steroid dienone is 1. The molecule has 0 amide bonds. The molecular formula is C20H15N3O2. The SMILES string of the molecule is COc1ccc2c(C(C#N)=Cc3cc(C#N)ccc3OC)c[nH]c2c1. The van der Waals surface area contributed by atoms with Crippen molar-refractivity contribution in [3.8, 4) is 23.6 Å². The number of nitriles is 2. The van der Waals surface area contributed by atoms with E-state index in [1.807, 2.05) is 18.2 Å². The predicted molar refractivity (Wildman–Crippen MR) is 96.0 cm³/mol. The molecule has 0 radical (unpaired) electrons. The smallest absolute Gasteiger partial charge is 0.126 e. The van der Waals surface area contributed by atoms with Crippen molar-refractivity contribution in [2.45, 2.75) is 0 Å². The van der Waals surface area contributed by atoms with Gasteiger partial charge in [0.1, 0.15) is 11.5 Å². The Bertz CT molecular complexity index is 1050. The molecule has 5 nitrogen and oxygen atoms in total. The van der Waals surface area contributed by atoms with Crippen molar-refractivity contribution in [2.24, 2.45) is 0 Å². The van der Waals surface area contributed by atoms with Crippen LogP contribution in [0.4, 0.5) is 0 Å². The van der Waals surface area contributed by atoms with Gasteiger partial charge in [0, 0.05) is 34.3 Å². The molecule has 1 aromatic heterocycles. The normalized spacial score (nSPS) is 11.0. The Morgan fingerprint density at radius 3 is 2.60 bits per heavy atom. The third-order valence-electron chi connectivity index (χ3n) is 3.96. The van der Waals surface area contributed by atoms with Gasteiger partial charge in [-0.15, -0.1) is 0 Å². The molecule has 0 aliphatic carbocycles. The molecule has 0 spiro atoms. The second-order valence-electron chi connectivity index (χ2n) is 5.35. The summed E-state index contributed by atoms with van der Waals surface area (Å²) in [5.41, 5.74) is 3.33. The fourth-order valence-corrected chi connectivity index (χ4v) is 2.70. The Labute approximate surface area is 145 Å². The van der Waals surface area contributed by atoms with Gasteiger partial charge in [-0.25, -0.2) is 0 Å². The standard InChI is InChI=1S/C20H15N3O2/c1-24-16-4-5-17-18(12-23-19(17)9-16)15(11-22)8-14-7-13(10-21)3-6-20(14)25-2/h3-9,12,23H,1-2H3. The Hall–Kier alpha value is -3.70. The molecule has 5 heteroatoms. The zero-order valence-corrected chi connectivity index (χ0v) is 13.8. The van der Waals surface area contributed by atoms with Crippen molar-refractivity contribution >= 4 is 22.6 Å². The van der Waals surface area contributed by atoms with E-state index in [4.69, 9.17) is 14.7 Å². The second-order valence-corrected chi connectivity index (χ2v) is 5.35. The van der Waals surface area contributed by atoms with E-state index in [1.54, 1.807) is 44.7 Å². The first-order valence-electron chi connectivity index (χ1n) is 7.55. The van der Waals surface area contributed by atoms with Crippen LogP contribution in [0, 0.1) is 22.7 Å². The largest absolute Gasteiger partial charge is 0.497 e. The number of ether oxygens (including phenoxy) is 2. The minimum atomic E-state index is 0.477. The molecule has 3 rings (SSSR count). The summed E-state index contributed by atoms with van der Waals surface area (Å²) in [6, 6.07) is 15.1. The van der Waals surface area contributed by atoms with E-state index < -0.39 is 0 Å². The first-order chi connectivity index (χ1) is 12.2. The molecule has 0 aliphatic rings. The van der Waals surface area contributed by atoms with Gasteiger partial charge in [-0.1, -0.05) is 0 Å². The first kappa shape index (κ1) is 16.2. The highest BCUT2D eigenvalue weighted by Gasteiger charge is 2.11. The Balaban J connectivity index is 2.14. The number of nitrogens with one attached hydrogen (secondary N) is 1. The number of fused-ring (bicyclic) bond motifs is 1. The van der Waals surface area contributed by atoms with E-state index in [9.17, 15) is 5.26 Å². The molecule has 1 heterocycles. The molecular weight excluding hydrogens is 314 g/mol. The third-order valence-corrected chi connectivity index (χ3v) is 3.96. The van der Waals surface area contributed by atoms with Crippen molar-refractivity contribution in [2.75, 3.05) is 14.2 Å². The van der Waals surface area contributed by atoms with Crippen molar-refractivity contribution in [3.05, 3.63) is 59.3 Å². The molecule has 0 fully saturated rings. The minimum Gasteiger partial charge on any atom is -0.497 e. The molecule has 1 N–H and O–H groups in total. The highest BCUT2D eigenvalue weighted by molar-refractivity contribution is 6.01. The van der Waals surface area contributed by atoms with E-state index in [1.165, 1.54) is 0 Å². The summed E-state index contributed by atoms with van der Waals surface area (Å²) in [4.78, 5) is 3.16. The van der Waals surface area contributed by atoms with E-state index >= 15 is 0 Å². The number of rotatable bonds is 4. The van der Waals surface area contributed by atoms with Crippen LogP contribution >= 0.6 is 0 Å². The number of hydrogen-bond acceptors (Lipinski definition) is 4. The summed E-state index contributed by atoms with van der Waals surface area (Å²) in [5, 5.41) is 19.7. The summed E-state index contributed by atoms with van der Waals surface area (Å²) < 4.78 is 10.6. The maximum absolute atomic E-state index is 9.65. The van der Waals surface area contributed by atoms with Crippen molar-refractivity contribution in [1.82, 2.24) is 4.98 Å². The summed E-state index contributed by atoms with van der Waals surface area (Å²) in [6.07, 6.45) is 3.52. The number of H-pyrrole nitrogens is 1. The lowest BCUT2D eigenvalue weighted by molar-refractivity contribution is 0.414. The van der Waals surface area contributed by atoms with Gasteiger partial charge >= 0.3 is 0 Å². The lowest BCUT2D eigenvalue weighted by atomic mass is 10.0. The lowest BCUT2D eigenvalue weighted by Crippen LogP contribution is -1.89. The van der Waals surface area contributed by atoms with Gasteiger partial charge in [-0.05, 0) is 36.4 Å². The van der Waals surface area contributed by atoms with Crippen molar-refractivity contribution in [1.29, 1.82) is 10.5 Å². The van der Waals surface area contributed by atoms with E-state index in [0.29, 0.717) is 22.4 Å². The topological polar surface area (TPSA) is 81.8 Å². The van der Waals surface area contributed by atoms with E-state index in [-0.39, 0.29) is 0 Å². The molecule has 0 bridgehead atoms. The van der Waals surface area contributed by atoms with E-state index in [0.717, 1.165) is 22.2 Å². The Morgan fingerprint density at radius 2 is 1.92 bits per heavy atom. The zero-order valence-electron chi connectivity index (χ0n) is 13.8. The molecule has 25 heavy (non-hydrogen) atoms. The fraction of sp³-hybridized carbons (Fsp3) is 0.100. The summed E-state index contributed by atoms with van der Waals surface area (Å²) in [6.45, 7) is 0. The quantitative estimate of drug-likeness (QED) is 0.730. The molecule has 2 aromatic carbocycles. The molecule has 122 valence electrons. The van der Waals surface area contributed by atoms with Crippen LogP contribution in [0.3, 0.4) is 0 Å². The highest BCUT2D eigenvalue weighted by atomic mass is 16.5. The van der Waals surface area contributed by atoms with Crippen LogP contribution in [0.15, 0.2) is 42.6 Å².